The van der Waals surface area contributed by atoms with Gasteiger partial charge in [0.15, 0.2) is 0 Å². The number of hydrogen-bond acceptors (Lipinski definition) is 6. The number of nitrogens with zero attached hydrogens (tertiary/aromatic N) is 3. The average Bonchev–Trinajstić information content (AvgIpc) is 3.20. The third kappa shape index (κ3) is 3.63. The van der Waals surface area contributed by atoms with Gasteiger partial charge >= 0.3 is 0 Å². The first-order valence-electron chi connectivity index (χ1n) is 7.58. The molecule has 0 unspecified atom stereocenters. The van der Waals surface area contributed by atoms with Gasteiger partial charge in [-0.2, -0.15) is 5.10 Å². The van der Waals surface area contributed by atoms with E-state index in [0.717, 1.165) is 36.5 Å². The Kier molecular flexibility index (Phi) is 5.02. The van der Waals surface area contributed by atoms with Crippen LogP contribution in [0.4, 0.5) is 0 Å². The highest BCUT2D eigenvalue weighted by atomic mass is 32.1. The monoisotopic (exact) mass is 319 g/mol. The van der Waals surface area contributed by atoms with E-state index in [0.29, 0.717) is 11.9 Å². The maximum absolute atomic E-state index is 10.4. The minimum absolute atomic E-state index is 0.368. The van der Waals surface area contributed by atoms with Crippen molar-refractivity contribution in [2.75, 3.05) is 13.7 Å². The molecule has 6 heteroatoms. The molecule has 1 fully saturated rings. The van der Waals surface area contributed by atoms with Gasteiger partial charge in [0, 0.05) is 23.5 Å². The van der Waals surface area contributed by atoms with Gasteiger partial charge in [-0.15, -0.1) is 16.4 Å². The van der Waals surface area contributed by atoms with Crippen LogP contribution >= 0.6 is 11.3 Å². The third-order valence-electron chi connectivity index (χ3n) is 4.14. The minimum Gasteiger partial charge on any atom is -0.480 e. The smallest absolute Gasteiger partial charge is 0.233 e. The third-order valence-corrected chi connectivity index (χ3v) is 5.11. The van der Waals surface area contributed by atoms with Crippen molar-refractivity contribution in [3.8, 4) is 5.88 Å². The number of hydrogen-bond donors (Lipinski definition) is 1. The lowest BCUT2D eigenvalue weighted by molar-refractivity contribution is 0.120. The van der Waals surface area contributed by atoms with Gasteiger partial charge in [0.05, 0.1) is 18.9 Å². The highest BCUT2D eigenvalue weighted by Gasteiger charge is 2.27. The second kappa shape index (κ2) is 7.17. The summed E-state index contributed by atoms with van der Waals surface area (Å²) in [5, 5.41) is 20.6. The zero-order valence-electron chi connectivity index (χ0n) is 12.7. The van der Waals surface area contributed by atoms with E-state index in [9.17, 15) is 5.11 Å². The summed E-state index contributed by atoms with van der Waals surface area (Å²) in [6, 6.07) is 8.19. The van der Waals surface area contributed by atoms with Crippen molar-refractivity contribution in [3.05, 3.63) is 40.2 Å². The van der Waals surface area contributed by atoms with Gasteiger partial charge in [0.2, 0.25) is 5.88 Å². The molecule has 0 aliphatic carbocycles. The molecule has 3 heterocycles. The number of methoxy groups -OCH3 is 1. The SMILES string of the molecule is COc1ccc(CN2CCC[C@H]2C[C@H](O)c2cccs2)nn1. The van der Waals surface area contributed by atoms with E-state index in [-0.39, 0.29) is 6.10 Å². The van der Waals surface area contributed by atoms with Gasteiger partial charge < -0.3 is 9.84 Å². The molecular formula is C16H21N3O2S. The summed E-state index contributed by atoms with van der Waals surface area (Å²) in [7, 11) is 1.59. The topological polar surface area (TPSA) is 58.5 Å². The van der Waals surface area contributed by atoms with Crippen molar-refractivity contribution < 1.29 is 9.84 Å². The lowest BCUT2D eigenvalue weighted by Gasteiger charge is -2.25. The Morgan fingerprint density at radius 2 is 2.32 bits per heavy atom. The molecule has 1 saturated heterocycles. The maximum atomic E-state index is 10.4. The van der Waals surface area contributed by atoms with Crippen LogP contribution in [-0.4, -0.2) is 39.9 Å². The second-order valence-corrected chi connectivity index (χ2v) is 6.58. The normalized spacial score (nSPS) is 20.2. The molecule has 0 bridgehead atoms. The summed E-state index contributed by atoms with van der Waals surface area (Å²) >= 11 is 1.62. The van der Waals surface area contributed by atoms with Crippen molar-refractivity contribution in [2.45, 2.75) is 38.0 Å². The Balaban J connectivity index is 1.60. The van der Waals surface area contributed by atoms with Gasteiger partial charge in [-0.3, -0.25) is 4.90 Å². The van der Waals surface area contributed by atoms with Crippen LogP contribution in [0.25, 0.3) is 0 Å². The zero-order chi connectivity index (χ0) is 15.4. The molecule has 3 rings (SSSR count). The molecule has 118 valence electrons. The first kappa shape index (κ1) is 15.4. The molecule has 1 N–H and O–H groups in total. The number of aromatic nitrogens is 2. The minimum atomic E-state index is -0.368. The summed E-state index contributed by atoms with van der Waals surface area (Å²) in [5.74, 6) is 0.537. The molecule has 0 saturated carbocycles. The second-order valence-electron chi connectivity index (χ2n) is 5.60. The number of likely N-dealkylation sites (tertiary alicyclic amines) is 1. The highest BCUT2D eigenvalue weighted by Crippen LogP contribution is 2.30. The maximum Gasteiger partial charge on any atom is 0.233 e. The van der Waals surface area contributed by atoms with Crippen LogP contribution in [0.15, 0.2) is 29.6 Å². The molecule has 0 spiro atoms. The predicted octanol–water partition coefficient (Wildman–Crippen LogP) is 2.63. The lowest BCUT2D eigenvalue weighted by Crippen LogP contribution is -2.30. The van der Waals surface area contributed by atoms with E-state index >= 15 is 0 Å². The number of ether oxygens (including phenoxy) is 1. The Morgan fingerprint density at radius 1 is 1.41 bits per heavy atom. The molecular weight excluding hydrogens is 298 g/mol. The lowest BCUT2D eigenvalue weighted by atomic mass is 10.1. The van der Waals surface area contributed by atoms with Gasteiger partial charge in [0.1, 0.15) is 0 Å². The van der Waals surface area contributed by atoms with E-state index in [1.807, 2.05) is 29.6 Å². The largest absolute Gasteiger partial charge is 0.480 e. The molecule has 1 aliphatic heterocycles. The van der Waals surface area contributed by atoms with Crippen LogP contribution in [0.1, 0.15) is 35.9 Å². The van der Waals surface area contributed by atoms with E-state index in [1.165, 1.54) is 6.42 Å². The fourth-order valence-corrected chi connectivity index (χ4v) is 3.70. The van der Waals surface area contributed by atoms with E-state index in [2.05, 4.69) is 15.1 Å². The summed E-state index contributed by atoms with van der Waals surface area (Å²) in [5.41, 5.74) is 0.943. The molecule has 22 heavy (non-hydrogen) atoms. The summed E-state index contributed by atoms with van der Waals surface area (Å²) < 4.78 is 5.04. The van der Waals surface area contributed by atoms with Crippen LogP contribution in [0.2, 0.25) is 0 Å². The number of aliphatic hydroxyl groups excluding tert-OH is 1. The Labute approximate surface area is 134 Å². The Bertz CT molecular complexity index is 574. The molecule has 5 nitrogen and oxygen atoms in total. The number of thiophene rings is 1. The summed E-state index contributed by atoms with van der Waals surface area (Å²) in [6.07, 6.45) is 2.72. The molecule has 0 amide bonds. The van der Waals surface area contributed by atoms with Gasteiger partial charge in [-0.1, -0.05) is 6.07 Å². The van der Waals surface area contributed by atoms with E-state index in [1.54, 1.807) is 18.4 Å². The van der Waals surface area contributed by atoms with Gasteiger partial charge in [-0.05, 0) is 43.3 Å². The standard InChI is InChI=1S/C16H21N3O2S/c1-21-16-7-6-12(17-18-16)11-19-8-2-4-13(19)10-14(20)15-5-3-9-22-15/h3,5-7,9,13-14,20H,2,4,8,10-11H2,1H3/t13-,14-/m0/s1. The van der Waals surface area contributed by atoms with Crippen molar-refractivity contribution in [3.63, 3.8) is 0 Å². The van der Waals surface area contributed by atoms with Crippen LogP contribution in [0.5, 0.6) is 5.88 Å². The molecule has 0 radical (unpaired) electrons. The summed E-state index contributed by atoms with van der Waals surface area (Å²) in [4.78, 5) is 3.45. The molecule has 1 aliphatic rings. The Morgan fingerprint density at radius 3 is 3.00 bits per heavy atom. The zero-order valence-corrected chi connectivity index (χ0v) is 13.5. The van der Waals surface area contributed by atoms with Crippen LogP contribution in [0, 0.1) is 0 Å². The van der Waals surface area contributed by atoms with Crippen LogP contribution in [-0.2, 0) is 6.54 Å². The van der Waals surface area contributed by atoms with Crippen LogP contribution in [0.3, 0.4) is 0 Å². The number of aliphatic hydroxyl groups is 1. The Hall–Kier alpha value is -1.50. The van der Waals surface area contributed by atoms with Gasteiger partial charge in [0.25, 0.3) is 0 Å². The van der Waals surface area contributed by atoms with E-state index in [4.69, 9.17) is 4.74 Å². The molecule has 2 atom stereocenters. The fourth-order valence-electron chi connectivity index (χ4n) is 2.97. The fraction of sp³-hybridized carbons (Fsp3) is 0.500. The van der Waals surface area contributed by atoms with Crippen molar-refractivity contribution in [2.24, 2.45) is 0 Å². The molecule has 2 aromatic heterocycles. The molecule has 2 aromatic rings. The van der Waals surface area contributed by atoms with Crippen molar-refractivity contribution >= 4 is 11.3 Å². The summed E-state index contributed by atoms with van der Waals surface area (Å²) in [6.45, 7) is 1.83. The van der Waals surface area contributed by atoms with Crippen molar-refractivity contribution in [1.29, 1.82) is 0 Å². The van der Waals surface area contributed by atoms with Crippen LogP contribution < -0.4 is 4.74 Å². The quantitative estimate of drug-likeness (QED) is 0.887. The van der Waals surface area contributed by atoms with E-state index < -0.39 is 0 Å². The predicted molar refractivity (Wildman–Crippen MR) is 85.9 cm³/mol. The number of rotatable bonds is 6. The van der Waals surface area contributed by atoms with Crippen molar-refractivity contribution in [1.82, 2.24) is 15.1 Å². The van der Waals surface area contributed by atoms with Gasteiger partial charge in [-0.25, -0.2) is 0 Å². The average molecular weight is 319 g/mol. The first-order valence-corrected chi connectivity index (χ1v) is 8.46. The highest BCUT2D eigenvalue weighted by molar-refractivity contribution is 7.10. The molecule has 0 aromatic carbocycles. The first-order chi connectivity index (χ1) is 10.8.